The predicted octanol–water partition coefficient (Wildman–Crippen LogP) is 6.14. The lowest BCUT2D eigenvalue weighted by molar-refractivity contribution is -0.141. The number of carbonyl (C=O) groups excluding carboxylic acids is 2. The highest BCUT2D eigenvalue weighted by atomic mass is 35.5. The number of carbonyl (C=O) groups is 2. The van der Waals surface area contributed by atoms with Crippen LogP contribution in [0.2, 0.25) is 5.02 Å². The zero-order chi connectivity index (χ0) is 25.4. The Labute approximate surface area is 214 Å². The van der Waals surface area contributed by atoms with Gasteiger partial charge in [-0.15, -0.1) is 0 Å². The first kappa shape index (κ1) is 26.5. The molecule has 0 aromatic heterocycles. The monoisotopic (exact) mass is 490 g/mol. The molecule has 0 fully saturated rings. The number of halogens is 1. The van der Waals surface area contributed by atoms with E-state index in [1.807, 2.05) is 82.3 Å². The summed E-state index contributed by atoms with van der Waals surface area (Å²) in [5.74, 6) is -0.204. The van der Waals surface area contributed by atoms with Crippen LogP contribution in [0.5, 0.6) is 0 Å². The van der Waals surface area contributed by atoms with Crippen molar-refractivity contribution in [3.05, 3.63) is 106 Å². The van der Waals surface area contributed by atoms with E-state index in [0.29, 0.717) is 30.8 Å². The first-order valence-electron chi connectivity index (χ1n) is 12.1. The quantitative estimate of drug-likeness (QED) is 0.392. The molecule has 4 nitrogen and oxygen atoms in total. The first-order valence-corrected chi connectivity index (χ1v) is 12.4. The van der Waals surface area contributed by atoms with Gasteiger partial charge in [0.15, 0.2) is 0 Å². The number of amides is 2. The largest absolute Gasteiger partial charge is 0.350 e. The summed E-state index contributed by atoms with van der Waals surface area (Å²) in [4.78, 5) is 28.9. The normalized spacial score (nSPS) is 12.1. The molecule has 0 saturated carbocycles. The highest BCUT2D eigenvalue weighted by molar-refractivity contribution is 6.30. The van der Waals surface area contributed by atoms with Crippen molar-refractivity contribution in [2.24, 2.45) is 0 Å². The van der Waals surface area contributed by atoms with Gasteiger partial charge in [0.25, 0.3) is 0 Å². The molecule has 0 unspecified atom stereocenters. The van der Waals surface area contributed by atoms with Gasteiger partial charge in [0, 0.05) is 29.9 Å². The Morgan fingerprint density at radius 1 is 0.857 bits per heavy atom. The summed E-state index contributed by atoms with van der Waals surface area (Å²) in [5, 5.41) is 3.73. The van der Waals surface area contributed by atoms with Crippen LogP contribution in [0.15, 0.2) is 78.9 Å². The van der Waals surface area contributed by atoms with E-state index in [4.69, 9.17) is 11.6 Å². The van der Waals surface area contributed by atoms with E-state index in [-0.39, 0.29) is 11.8 Å². The van der Waals surface area contributed by atoms with Crippen LogP contribution in [-0.4, -0.2) is 28.3 Å². The topological polar surface area (TPSA) is 49.4 Å². The molecule has 5 heteroatoms. The van der Waals surface area contributed by atoms with Gasteiger partial charge in [-0.25, -0.2) is 0 Å². The van der Waals surface area contributed by atoms with Gasteiger partial charge in [0.1, 0.15) is 6.04 Å². The van der Waals surface area contributed by atoms with E-state index >= 15 is 0 Å². The fourth-order valence-electron chi connectivity index (χ4n) is 3.94. The number of benzene rings is 3. The molecule has 184 valence electrons. The Morgan fingerprint density at radius 2 is 1.46 bits per heavy atom. The molecule has 1 atom stereocenters. The molecule has 1 N–H and O–H groups in total. The molecule has 3 aromatic carbocycles. The van der Waals surface area contributed by atoms with Gasteiger partial charge in [0.2, 0.25) is 11.8 Å². The highest BCUT2D eigenvalue weighted by Crippen LogP contribution is 2.19. The average Bonchev–Trinajstić information content (AvgIpc) is 2.81. The van der Waals surface area contributed by atoms with Crippen molar-refractivity contribution in [2.75, 3.05) is 0 Å². The maximum atomic E-state index is 13.7. The third-order valence-corrected chi connectivity index (χ3v) is 6.04. The number of nitrogens with zero attached hydrogens (tertiary/aromatic N) is 1. The number of nitrogens with one attached hydrogen (secondary N) is 1. The van der Waals surface area contributed by atoms with E-state index in [9.17, 15) is 9.59 Å². The number of hydrogen-bond donors (Lipinski definition) is 1. The molecular weight excluding hydrogens is 456 g/mol. The zero-order valence-electron chi connectivity index (χ0n) is 21.1. The molecule has 0 aliphatic heterocycles. The standard InChI is InChI=1S/C30H35ClN2O2/c1-22-10-12-23(13-11-22)16-19-28(34)33(21-25-14-17-26(31)18-15-25)27(29(35)32-30(2,3)4)20-24-8-6-5-7-9-24/h5-15,17-18,27H,16,19-21H2,1-4H3,(H,32,35)/t27-/m0/s1. The molecule has 0 heterocycles. The Hall–Kier alpha value is -3.11. The Morgan fingerprint density at radius 3 is 2.06 bits per heavy atom. The molecule has 2 amide bonds. The molecule has 3 rings (SSSR count). The second-order valence-electron chi connectivity index (χ2n) is 10.1. The maximum Gasteiger partial charge on any atom is 0.243 e. The van der Waals surface area contributed by atoms with Gasteiger partial charge in [-0.1, -0.05) is 83.9 Å². The van der Waals surface area contributed by atoms with Crippen molar-refractivity contribution >= 4 is 23.4 Å². The minimum Gasteiger partial charge on any atom is -0.350 e. The molecular formula is C30H35ClN2O2. The van der Waals surface area contributed by atoms with Crippen LogP contribution in [-0.2, 0) is 29.0 Å². The molecule has 0 spiro atoms. The van der Waals surface area contributed by atoms with E-state index < -0.39 is 11.6 Å². The van der Waals surface area contributed by atoms with Gasteiger partial charge in [-0.3, -0.25) is 9.59 Å². The minimum absolute atomic E-state index is 0.0504. The van der Waals surface area contributed by atoms with Crippen LogP contribution in [0.1, 0.15) is 49.4 Å². The Kier molecular flexibility index (Phi) is 9.11. The van der Waals surface area contributed by atoms with E-state index in [0.717, 1.165) is 16.7 Å². The van der Waals surface area contributed by atoms with E-state index in [1.165, 1.54) is 5.56 Å². The maximum absolute atomic E-state index is 13.7. The second kappa shape index (κ2) is 12.0. The summed E-state index contributed by atoms with van der Waals surface area (Å²) in [6, 6.07) is 24.9. The van der Waals surface area contributed by atoms with Crippen molar-refractivity contribution in [2.45, 2.75) is 65.1 Å². The van der Waals surface area contributed by atoms with Crippen LogP contribution < -0.4 is 5.32 Å². The Balaban J connectivity index is 1.91. The molecule has 35 heavy (non-hydrogen) atoms. The van der Waals surface area contributed by atoms with E-state index in [1.54, 1.807) is 4.90 Å². The number of hydrogen-bond acceptors (Lipinski definition) is 2. The van der Waals surface area contributed by atoms with Crippen molar-refractivity contribution in [1.82, 2.24) is 10.2 Å². The number of rotatable bonds is 9. The van der Waals surface area contributed by atoms with Gasteiger partial charge < -0.3 is 10.2 Å². The molecule has 0 saturated heterocycles. The fourth-order valence-corrected chi connectivity index (χ4v) is 4.07. The van der Waals surface area contributed by atoms with Crippen LogP contribution in [0.25, 0.3) is 0 Å². The van der Waals surface area contributed by atoms with Crippen molar-refractivity contribution in [1.29, 1.82) is 0 Å². The lowest BCUT2D eigenvalue weighted by Crippen LogP contribution is -2.54. The summed E-state index contributed by atoms with van der Waals surface area (Å²) in [5.41, 5.74) is 3.82. The van der Waals surface area contributed by atoms with Crippen LogP contribution in [0.4, 0.5) is 0 Å². The van der Waals surface area contributed by atoms with Gasteiger partial charge in [-0.05, 0) is 62.9 Å². The average molecular weight is 491 g/mol. The SMILES string of the molecule is Cc1ccc(CCC(=O)N(Cc2ccc(Cl)cc2)[C@@H](Cc2ccccc2)C(=O)NC(C)(C)C)cc1. The molecule has 0 aliphatic rings. The molecule has 3 aromatic rings. The fraction of sp³-hybridized carbons (Fsp3) is 0.333. The highest BCUT2D eigenvalue weighted by Gasteiger charge is 2.32. The molecule has 0 aliphatic carbocycles. The van der Waals surface area contributed by atoms with Gasteiger partial charge in [0.05, 0.1) is 0 Å². The van der Waals surface area contributed by atoms with E-state index in [2.05, 4.69) is 29.6 Å². The lowest BCUT2D eigenvalue weighted by atomic mass is 9.99. The summed E-state index contributed by atoms with van der Waals surface area (Å²) < 4.78 is 0. The summed E-state index contributed by atoms with van der Waals surface area (Å²) in [6.45, 7) is 8.23. The summed E-state index contributed by atoms with van der Waals surface area (Å²) >= 11 is 6.09. The zero-order valence-corrected chi connectivity index (χ0v) is 21.8. The van der Waals surface area contributed by atoms with Crippen LogP contribution in [0, 0.1) is 6.92 Å². The van der Waals surface area contributed by atoms with Crippen molar-refractivity contribution < 1.29 is 9.59 Å². The number of aryl methyl sites for hydroxylation is 2. The molecule has 0 radical (unpaired) electrons. The Bertz CT molecular complexity index is 1100. The van der Waals surface area contributed by atoms with Crippen LogP contribution >= 0.6 is 11.6 Å². The van der Waals surface area contributed by atoms with Crippen LogP contribution in [0.3, 0.4) is 0 Å². The third kappa shape index (κ3) is 8.56. The minimum atomic E-state index is -0.641. The lowest BCUT2D eigenvalue weighted by Gasteiger charge is -2.34. The predicted molar refractivity (Wildman–Crippen MR) is 143 cm³/mol. The third-order valence-electron chi connectivity index (χ3n) is 5.78. The van der Waals surface area contributed by atoms with Gasteiger partial charge >= 0.3 is 0 Å². The first-order chi connectivity index (χ1) is 16.6. The van der Waals surface area contributed by atoms with Crippen molar-refractivity contribution in [3.63, 3.8) is 0 Å². The summed E-state index contributed by atoms with van der Waals surface area (Å²) in [7, 11) is 0. The van der Waals surface area contributed by atoms with Crippen molar-refractivity contribution in [3.8, 4) is 0 Å². The smallest absolute Gasteiger partial charge is 0.243 e. The summed E-state index contributed by atoms with van der Waals surface area (Å²) in [6.07, 6.45) is 1.38. The molecule has 0 bridgehead atoms. The van der Waals surface area contributed by atoms with Gasteiger partial charge in [-0.2, -0.15) is 0 Å². The second-order valence-corrected chi connectivity index (χ2v) is 10.5.